The van der Waals surface area contributed by atoms with Crippen molar-refractivity contribution in [3.05, 3.63) is 87.3 Å². The first kappa shape index (κ1) is 20.5. The van der Waals surface area contributed by atoms with Gasteiger partial charge in [0.25, 0.3) is 11.8 Å². The molecular weight excluding hydrogens is 445 g/mol. The zero-order valence-corrected chi connectivity index (χ0v) is 17.7. The van der Waals surface area contributed by atoms with Crippen molar-refractivity contribution in [2.45, 2.75) is 11.9 Å². The van der Waals surface area contributed by atoms with Gasteiger partial charge in [-0.15, -0.1) is 0 Å². The number of aromatic nitrogens is 3. The molecule has 7 nitrogen and oxygen atoms in total. The van der Waals surface area contributed by atoms with Crippen LogP contribution in [0.3, 0.4) is 0 Å². The van der Waals surface area contributed by atoms with Crippen molar-refractivity contribution in [3.63, 3.8) is 0 Å². The van der Waals surface area contributed by atoms with E-state index in [4.69, 9.17) is 23.2 Å². The van der Waals surface area contributed by atoms with Crippen molar-refractivity contribution in [1.82, 2.24) is 25.2 Å². The minimum atomic E-state index is -0.437. The van der Waals surface area contributed by atoms with Crippen LogP contribution in [0.1, 0.15) is 16.5 Å². The fourth-order valence-corrected chi connectivity index (χ4v) is 4.28. The van der Waals surface area contributed by atoms with Crippen LogP contribution in [-0.4, -0.2) is 31.6 Å². The molecule has 2 amide bonds. The van der Waals surface area contributed by atoms with Gasteiger partial charge in [0.1, 0.15) is 24.6 Å². The lowest BCUT2D eigenvalue weighted by atomic mass is 10.2. The van der Waals surface area contributed by atoms with Gasteiger partial charge in [0.05, 0.1) is 4.91 Å². The summed E-state index contributed by atoms with van der Waals surface area (Å²) in [7, 11) is 0. The first-order chi connectivity index (χ1) is 14.5. The van der Waals surface area contributed by atoms with E-state index in [0.717, 1.165) is 11.1 Å². The Morgan fingerprint density at radius 2 is 1.77 bits per heavy atom. The minimum absolute atomic E-state index is 0.0575. The Morgan fingerprint density at radius 3 is 2.40 bits per heavy atom. The van der Waals surface area contributed by atoms with E-state index in [9.17, 15) is 9.59 Å². The van der Waals surface area contributed by atoms with Crippen molar-refractivity contribution in [2.75, 3.05) is 0 Å². The predicted molar refractivity (Wildman–Crippen MR) is 116 cm³/mol. The summed E-state index contributed by atoms with van der Waals surface area (Å²) >= 11 is 13.3. The van der Waals surface area contributed by atoms with Gasteiger partial charge < -0.3 is 0 Å². The number of amides is 2. The highest BCUT2D eigenvalue weighted by Crippen LogP contribution is 2.45. The summed E-state index contributed by atoms with van der Waals surface area (Å²) in [6, 6.07) is 14.3. The Bertz CT molecular complexity index is 1090. The van der Waals surface area contributed by atoms with E-state index >= 15 is 0 Å². The Kier molecular flexibility index (Phi) is 6.08. The minimum Gasteiger partial charge on any atom is -0.271 e. The number of rotatable bonds is 5. The second-order valence-corrected chi connectivity index (χ2v) is 8.38. The van der Waals surface area contributed by atoms with E-state index in [1.807, 2.05) is 24.3 Å². The molecular formula is C20H15Cl2N5O2S. The van der Waals surface area contributed by atoms with E-state index in [1.54, 1.807) is 30.3 Å². The molecule has 0 bridgehead atoms. The van der Waals surface area contributed by atoms with E-state index in [2.05, 4.69) is 15.5 Å². The molecule has 1 aliphatic rings. The average Bonchev–Trinajstić information content (AvgIpc) is 3.34. The fourth-order valence-electron chi connectivity index (χ4n) is 2.84. The molecule has 2 heterocycles. The van der Waals surface area contributed by atoms with Crippen LogP contribution < -0.4 is 5.43 Å². The molecule has 0 radical (unpaired) electrons. The summed E-state index contributed by atoms with van der Waals surface area (Å²) in [5, 5.41) is 6.01. The van der Waals surface area contributed by atoms with Crippen LogP contribution in [0, 0.1) is 0 Å². The van der Waals surface area contributed by atoms with Gasteiger partial charge >= 0.3 is 0 Å². The van der Waals surface area contributed by atoms with Crippen molar-refractivity contribution < 1.29 is 9.59 Å². The fraction of sp³-hybridized carbons (Fsp3) is 0.100. The molecule has 2 aromatic carbocycles. The molecule has 0 aliphatic carbocycles. The third-order valence-electron chi connectivity index (χ3n) is 4.24. The summed E-state index contributed by atoms with van der Waals surface area (Å²) in [4.78, 5) is 29.9. The number of benzene rings is 2. The molecule has 1 fully saturated rings. The molecule has 1 aromatic heterocycles. The highest BCUT2D eigenvalue weighted by atomic mass is 35.5. The number of nitrogens with zero attached hydrogens (tertiary/aromatic N) is 4. The zero-order chi connectivity index (χ0) is 21.1. The number of halogens is 2. The van der Waals surface area contributed by atoms with Gasteiger partial charge in [-0.25, -0.2) is 14.7 Å². The van der Waals surface area contributed by atoms with Gasteiger partial charge in [-0.05, 0) is 41.5 Å². The number of nitrogens with one attached hydrogen (secondary N) is 1. The van der Waals surface area contributed by atoms with Crippen LogP contribution in [0.25, 0.3) is 6.08 Å². The number of hydrogen-bond donors (Lipinski definition) is 1. The lowest BCUT2D eigenvalue weighted by Crippen LogP contribution is -2.45. The van der Waals surface area contributed by atoms with Crippen LogP contribution in [0.15, 0.2) is 66.1 Å². The van der Waals surface area contributed by atoms with Gasteiger partial charge in [-0.1, -0.05) is 59.2 Å². The molecule has 30 heavy (non-hydrogen) atoms. The monoisotopic (exact) mass is 459 g/mol. The molecule has 152 valence electrons. The molecule has 10 heteroatoms. The molecule has 4 rings (SSSR count). The van der Waals surface area contributed by atoms with Crippen LogP contribution in [0.4, 0.5) is 0 Å². The number of hydrogen-bond acceptors (Lipinski definition) is 5. The van der Waals surface area contributed by atoms with E-state index in [1.165, 1.54) is 34.1 Å². The normalized spacial score (nSPS) is 17.5. The largest absolute Gasteiger partial charge is 0.280 e. The molecule has 1 aliphatic heterocycles. The lowest BCUT2D eigenvalue weighted by Gasteiger charge is -2.24. The third kappa shape index (κ3) is 4.67. The summed E-state index contributed by atoms with van der Waals surface area (Å²) in [5.41, 5.74) is 4.36. The van der Waals surface area contributed by atoms with Gasteiger partial charge in [0, 0.05) is 10.0 Å². The van der Waals surface area contributed by atoms with Crippen molar-refractivity contribution in [2.24, 2.45) is 0 Å². The number of carbonyl (C=O) groups excluding carboxylic acids is 2. The standard InChI is InChI=1S/C20H15Cl2N5O2S/c21-15-5-1-13(2-6-15)9-17-19(29)27(25-18(28)10-26-12-23-11-24-26)20(30-17)14-3-7-16(22)8-4-14/h1-9,11-12,20H,10H2,(H,25,28)/b17-9-. The smallest absolute Gasteiger partial charge is 0.271 e. The van der Waals surface area contributed by atoms with Crippen LogP contribution >= 0.6 is 35.0 Å². The van der Waals surface area contributed by atoms with Crippen LogP contribution in [0.2, 0.25) is 10.0 Å². The predicted octanol–water partition coefficient (Wildman–Crippen LogP) is 3.93. The third-order valence-corrected chi connectivity index (χ3v) is 6.00. The maximum Gasteiger partial charge on any atom is 0.280 e. The maximum atomic E-state index is 13.1. The second-order valence-electron chi connectivity index (χ2n) is 6.39. The summed E-state index contributed by atoms with van der Waals surface area (Å²) in [5.74, 6) is -0.692. The van der Waals surface area contributed by atoms with Crippen LogP contribution in [0.5, 0.6) is 0 Å². The van der Waals surface area contributed by atoms with Gasteiger partial charge in [-0.2, -0.15) is 5.10 Å². The maximum absolute atomic E-state index is 13.1. The van der Waals surface area contributed by atoms with Gasteiger partial charge in [-0.3, -0.25) is 15.0 Å². The average molecular weight is 460 g/mol. The van der Waals surface area contributed by atoms with E-state index in [0.29, 0.717) is 15.0 Å². The summed E-state index contributed by atoms with van der Waals surface area (Å²) < 4.78 is 1.38. The Labute approximate surface area is 186 Å². The number of thioether (sulfide) groups is 1. The van der Waals surface area contributed by atoms with Crippen molar-refractivity contribution >= 4 is 52.9 Å². The Morgan fingerprint density at radius 1 is 1.10 bits per heavy atom. The molecule has 1 unspecified atom stereocenters. The molecule has 1 N–H and O–H groups in total. The topological polar surface area (TPSA) is 80.1 Å². The second kappa shape index (κ2) is 8.91. The van der Waals surface area contributed by atoms with E-state index < -0.39 is 5.37 Å². The highest BCUT2D eigenvalue weighted by Gasteiger charge is 2.38. The SMILES string of the molecule is O=C(Cn1cncn1)NN1C(=O)/C(=C/c2ccc(Cl)cc2)SC1c1ccc(Cl)cc1. The Balaban J connectivity index is 1.61. The first-order valence-electron chi connectivity index (χ1n) is 8.84. The molecule has 0 saturated carbocycles. The molecule has 3 aromatic rings. The molecule has 1 atom stereocenters. The molecule has 1 saturated heterocycles. The lowest BCUT2D eigenvalue weighted by molar-refractivity contribution is -0.138. The number of hydrazine groups is 1. The summed E-state index contributed by atoms with van der Waals surface area (Å²) in [6.07, 6.45) is 4.55. The van der Waals surface area contributed by atoms with E-state index in [-0.39, 0.29) is 18.4 Å². The van der Waals surface area contributed by atoms with Gasteiger partial charge in [0.15, 0.2) is 0 Å². The highest BCUT2D eigenvalue weighted by molar-refractivity contribution is 8.04. The first-order valence-corrected chi connectivity index (χ1v) is 10.5. The quantitative estimate of drug-likeness (QED) is 0.584. The zero-order valence-electron chi connectivity index (χ0n) is 15.4. The summed E-state index contributed by atoms with van der Waals surface area (Å²) in [6.45, 7) is -0.0575. The van der Waals surface area contributed by atoms with Crippen molar-refractivity contribution in [3.8, 4) is 0 Å². The molecule has 0 spiro atoms. The van der Waals surface area contributed by atoms with Crippen molar-refractivity contribution in [1.29, 1.82) is 0 Å². The Hall–Kier alpha value is -2.81. The number of carbonyl (C=O) groups is 2. The van der Waals surface area contributed by atoms with Crippen LogP contribution in [-0.2, 0) is 16.1 Å². The van der Waals surface area contributed by atoms with Gasteiger partial charge in [0.2, 0.25) is 0 Å².